The van der Waals surface area contributed by atoms with Crippen molar-refractivity contribution in [3.63, 3.8) is 0 Å². The molecule has 0 radical (unpaired) electrons. The van der Waals surface area contributed by atoms with Gasteiger partial charge < -0.3 is 9.15 Å². The molecule has 0 saturated heterocycles. The number of hydrogen-bond acceptors (Lipinski definition) is 5. The average Bonchev–Trinajstić information content (AvgIpc) is 3.21. The molecule has 2 amide bonds. The van der Waals surface area contributed by atoms with Crippen LogP contribution < -0.4 is 0 Å². The summed E-state index contributed by atoms with van der Waals surface area (Å²) >= 11 is 12.3. The Bertz CT molecular complexity index is 1120. The van der Waals surface area contributed by atoms with Crippen molar-refractivity contribution in [1.82, 2.24) is 4.90 Å². The Morgan fingerprint density at radius 2 is 1.97 bits per heavy atom. The molecule has 1 aromatic heterocycles. The van der Waals surface area contributed by atoms with Crippen LogP contribution in [0.5, 0.6) is 0 Å². The summed E-state index contributed by atoms with van der Waals surface area (Å²) < 4.78 is 11.1. The average molecular weight is 459 g/mol. The summed E-state index contributed by atoms with van der Waals surface area (Å²) in [6.07, 6.45) is 2.01. The van der Waals surface area contributed by atoms with E-state index in [-0.39, 0.29) is 17.7 Å². The predicted molar refractivity (Wildman–Crippen MR) is 118 cm³/mol. The van der Waals surface area contributed by atoms with Crippen molar-refractivity contribution < 1.29 is 18.7 Å². The van der Waals surface area contributed by atoms with Crippen molar-refractivity contribution in [1.29, 1.82) is 5.26 Å². The first kappa shape index (κ1) is 22.8. The first-order valence-corrected chi connectivity index (χ1v) is 10.4. The van der Waals surface area contributed by atoms with Gasteiger partial charge in [0.15, 0.2) is 0 Å². The number of hydrogen-bond donors (Lipinski definition) is 0. The van der Waals surface area contributed by atoms with Gasteiger partial charge in [0.2, 0.25) is 0 Å². The van der Waals surface area contributed by atoms with Crippen LogP contribution in [-0.2, 0) is 14.3 Å². The molecule has 0 N–H and O–H groups in total. The number of carbonyl (C=O) groups is 2. The number of rotatable bonds is 7. The van der Waals surface area contributed by atoms with E-state index in [4.69, 9.17) is 32.4 Å². The molecule has 0 aliphatic carbocycles. The molecule has 160 valence electrons. The largest absolute Gasteiger partial charge is 0.457 e. The van der Waals surface area contributed by atoms with Crippen molar-refractivity contribution in [2.75, 3.05) is 19.8 Å². The van der Waals surface area contributed by atoms with Crippen LogP contribution in [0.15, 0.2) is 51.5 Å². The van der Waals surface area contributed by atoms with Crippen LogP contribution in [0, 0.1) is 11.3 Å². The summed E-state index contributed by atoms with van der Waals surface area (Å²) in [5.74, 6) is -0.203. The van der Waals surface area contributed by atoms with E-state index in [0.29, 0.717) is 52.3 Å². The van der Waals surface area contributed by atoms with Crippen LogP contribution in [0.25, 0.3) is 17.4 Å². The lowest BCUT2D eigenvalue weighted by molar-refractivity contribution is -0.140. The Morgan fingerprint density at radius 3 is 2.68 bits per heavy atom. The van der Waals surface area contributed by atoms with E-state index < -0.39 is 11.8 Å². The lowest BCUT2D eigenvalue weighted by atomic mass is 9.94. The van der Waals surface area contributed by atoms with E-state index in [1.54, 1.807) is 37.3 Å². The molecule has 0 unspecified atom stereocenters. The van der Waals surface area contributed by atoms with E-state index in [9.17, 15) is 14.9 Å². The molecule has 31 heavy (non-hydrogen) atoms. The Labute approximate surface area is 190 Å². The Hall–Kier alpha value is -2.85. The fourth-order valence-corrected chi connectivity index (χ4v) is 3.59. The van der Waals surface area contributed by atoms with Gasteiger partial charge in [0, 0.05) is 35.9 Å². The van der Waals surface area contributed by atoms with E-state index in [1.165, 1.54) is 6.08 Å². The van der Waals surface area contributed by atoms with Gasteiger partial charge in [-0.2, -0.15) is 5.26 Å². The normalized spacial score (nSPS) is 15.7. The highest BCUT2D eigenvalue weighted by Crippen LogP contribution is 2.33. The zero-order valence-electron chi connectivity index (χ0n) is 17.1. The molecular weight excluding hydrogens is 439 g/mol. The van der Waals surface area contributed by atoms with Crippen molar-refractivity contribution in [2.45, 2.75) is 20.3 Å². The molecule has 8 heteroatoms. The van der Waals surface area contributed by atoms with Crippen LogP contribution >= 0.6 is 23.2 Å². The minimum atomic E-state index is -0.593. The van der Waals surface area contributed by atoms with Crippen LogP contribution in [0.4, 0.5) is 0 Å². The quantitative estimate of drug-likeness (QED) is 0.320. The summed E-state index contributed by atoms with van der Waals surface area (Å²) in [5.41, 5.74) is 1.10. The minimum absolute atomic E-state index is 0.0630. The van der Waals surface area contributed by atoms with E-state index in [2.05, 4.69) is 0 Å². The fourth-order valence-electron chi connectivity index (χ4n) is 3.21. The van der Waals surface area contributed by atoms with Gasteiger partial charge in [-0.1, -0.05) is 23.2 Å². The van der Waals surface area contributed by atoms with E-state index >= 15 is 0 Å². The van der Waals surface area contributed by atoms with E-state index in [1.807, 2.05) is 13.0 Å². The van der Waals surface area contributed by atoms with Crippen LogP contribution in [0.1, 0.15) is 26.0 Å². The number of amides is 2. The molecule has 3 rings (SSSR count). The van der Waals surface area contributed by atoms with Gasteiger partial charge in [-0.15, -0.1) is 0 Å². The maximum absolute atomic E-state index is 13.0. The fraction of sp³-hybridized carbons (Fsp3) is 0.261. The number of furan rings is 1. The smallest absolute Gasteiger partial charge is 0.271 e. The molecule has 0 fully saturated rings. The van der Waals surface area contributed by atoms with Crippen molar-refractivity contribution in [2.24, 2.45) is 0 Å². The van der Waals surface area contributed by atoms with Crippen LogP contribution in [0.3, 0.4) is 0 Å². The molecule has 0 saturated carbocycles. The van der Waals surface area contributed by atoms with Crippen LogP contribution in [-0.4, -0.2) is 36.5 Å². The molecule has 2 aromatic rings. The number of halogens is 2. The second-order valence-electron chi connectivity index (χ2n) is 6.81. The van der Waals surface area contributed by atoms with Gasteiger partial charge in [-0.3, -0.25) is 14.5 Å². The summed E-state index contributed by atoms with van der Waals surface area (Å²) in [7, 11) is 0. The monoisotopic (exact) mass is 458 g/mol. The van der Waals surface area contributed by atoms with Gasteiger partial charge in [0.1, 0.15) is 23.2 Å². The predicted octanol–water partition coefficient (Wildman–Crippen LogP) is 5.27. The third-order valence-electron chi connectivity index (χ3n) is 4.81. The lowest BCUT2D eigenvalue weighted by Gasteiger charge is -2.27. The van der Waals surface area contributed by atoms with Gasteiger partial charge in [-0.25, -0.2) is 0 Å². The molecule has 0 spiro atoms. The molecule has 1 aliphatic rings. The Morgan fingerprint density at radius 1 is 1.19 bits per heavy atom. The van der Waals surface area contributed by atoms with Gasteiger partial charge >= 0.3 is 0 Å². The molecule has 6 nitrogen and oxygen atoms in total. The molecule has 0 atom stereocenters. The van der Waals surface area contributed by atoms with Crippen molar-refractivity contribution >= 4 is 41.1 Å². The molecule has 0 bridgehead atoms. The van der Waals surface area contributed by atoms with Gasteiger partial charge in [0.05, 0.1) is 5.02 Å². The third kappa shape index (κ3) is 4.91. The zero-order chi connectivity index (χ0) is 22.5. The highest BCUT2D eigenvalue weighted by Gasteiger charge is 2.35. The molecule has 1 aromatic carbocycles. The molecule has 2 heterocycles. The third-order valence-corrected chi connectivity index (χ3v) is 5.37. The number of ether oxygens (including phenoxy) is 1. The maximum Gasteiger partial charge on any atom is 0.271 e. The van der Waals surface area contributed by atoms with Crippen molar-refractivity contribution in [3.05, 3.63) is 62.9 Å². The highest BCUT2D eigenvalue weighted by molar-refractivity contribution is 6.35. The second-order valence-corrected chi connectivity index (χ2v) is 7.65. The van der Waals surface area contributed by atoms with Crippen LogP contribution in [0.2, 0.25) is 10.0 Å². The number of imide groups is 1. The summed E-state index contributed by atoms with van der Waals surface area (Å²) in [4.78, 5) is 26.7. The maximum atomic E-state index is 13.0. The lowest BCUT2D eigenvalue weighted by Crippen LogP contribution is -2.43. The standard InChI is InChI=1S/C23H20Cl2N2O4/c1-3-30-10-4-9-27-22(28)17(14(2)19(13-26)23(27)29)12-16-6-8-21(31-16)18-11-15(24)5-7-20(18)25/h5-8,11-12H,3-4,9-10H2,1-2H3/b17-12+. The zero-order valence-corrected chi connectivity index (χ0v) is 18.6. The topological polar surface area (TPSA) is 83.5 Å². The first-order valence-electron chi connectivity index (χ1n) is 9.69. The molecule has 1 aliphatic heterocycles. The summed E-state index contributed by atoms with van der Waals surface area (Å²) in [6.45, 7) is 4.57. The summed E-state index contributed by atoms with van der Waals surface area (Å²) in [6, 6.07) is 10.3. The number of benzene rings is 1. The number of nitriles is 1. The highest BCUT2D eigenvalue weighted by atomic mass is 35.5. The van der Waals surface area contributed by atoms with E-state index in [0.717, 1.165) is 4.90 Å². The Balaban J connectivity index is 1.95. The minimum Gasteiger partial charge on any atom is -0.457 e. The van der Waals surface area contributed by atoms with Gasteiger partial charge in [-0.05, 0) is 62.2 Å². The molecular formula is C23H20Cl2N2O4. The van der Waals surface area contributed by atoms with Crippen molar-refractivity contribution in [3.8, 4) is 17.4 Å². The first-order chi connectivity index (χ1) is 14.9. The number of nitrogens with zero attached hydrogens (tertiary/aromatic N) is 2. The number of carbonyl (C=O) groups excluding carboxylic acids is 2. The summed E-state index contributed by atoms with van der Waals surface area (Å²) in [5, 5.41) is 10.5. The Kier molecular flexibility index (Phi) is 7.34. The second kappa shape index (κ2) is 9.97. The van der Waals surface area contributed by atoms with Gasteiger partial charge in [0.25, 0.3) is 11.8 Å². The SMILES string of the molecule is CCOCCCN1C(=O)C(C#N)=C(C)/C(=C\c2ccc(-c3cc(Cl)ccc3Cl)o2)C1=O.